The summed E-state index contributed by atoms with van der Waals surface area (Å²) in [6, 6.07) is 0. The number of hydrogen-bond donors (Lipinski definition) is 12. The van der Waals surface area contributed by atoms with Crippen molar-refractivity contribution < 1.29 is 59.8 Å². The number of aromatic nitrogens is 8. The lowest BCUT2D eigenvalue weighted by atomic mass is 10.0. The van der Waals surface area contributed by atoms with E-state index in [4.69, 9.17) is 18.9 Å². The molecule has 8 rings (SSSR count). The zero-order valence-electron chi connectivity index (χ0n) is 56.9. The fraction of sp³-hybridized carbons (Fsp3) is 0.625. The lowest BCUT2D eigenvalue weighted by Gasteiger charge is -2.18. The third-order valence-electron chi connectivity index (χ3n) is 16.6. The number of aliphatic hydroxyl groups excluding tert-OH is 8. The Morgan fingerprint density at radius 2 is 0.677 bits per heavy atom. The van der Waals surface area contributed by atoms with Gasteiger partial charge in [-0.25, -0.2) is 19.2 Å². The topological polar surface area (TPSA) is 418 Å². The van der Waals surface area contributed by atoms with Gasteiger partial charge >= 0.3 is 22.8 Å². The van der Waals surface area contributed by atoms with E-state index < -0.39 is 170 Å². The number of ether oxygens (including phenoxy) is 4. The quantitative estimate of drug-likeness (QED) is 0.0339. The summed E-state index contributed by atoms with van der Waals surface area (Å²) in [6.07, 6.45) is 17.5. The number of hydrogen-bond acceptors (Lipinski definition) is 20. The molecule has 0 amide bonds. The highest BCUT2D eigenvalue weighted by atomic mass is 31.2. The van der Waals surface area contributed by atoms with Crippen LogP contribution in [-0.2, 0) is 38.6 Å². The Bertz CT molecular complexity index is 4010. The van der Waals surface area contributed by atoms with Crippen LogP contribution in [0, 0.1) is 0 Å². The predicted molar refractivity (Wildman–Crippen MR) is 387 cm³/mol. The van der Waals surface area contributed by atoms with Gasteiger partial charge in [0.15, 0.2) is 0 Å². The van der Waals surface area contributed by atoms with Crippen LogP contribution in [0.25, 0.3) is 6.20 Å². The van der Waals surface area contributed by atoms with Crippen LogP contribution in [0.5, 0.6) is 0 Å². The Kier molecular flexibility index (Phi) is 29.6. The Labute approximate surface area is 558 Å². The van der Waals surface area contributed by atoms with E-state index in [9.17, 15) is 79.2 Å². The smallest absolute Gasteiger partial charge is 0.332 e. The van der Waals surface area contributed by atoms with E-state index in [0.717, 1.165) is 48.5 Å². The molecule has 0 saturated carbocycles. The van der Waals surface area contributed by atoms with Crippen molar-refractivity contribution in [2.24, 2.45) is 0 Å². The number of aryl methyl sites for hydroxylation is 2. The molecule has 16 atom stereocenters. The SMILES string of the molecule is C=CCn1cc(C2O[C@H](CCP(=C)(C)C)[C@@H](O)[C@H]2O)c(=O)[nH]c1=O.C=Cn1cc(C2O[C@H](CCP(=C)(C)C)[C@@H](O)[C@H]2O)c(=O)[nH]c1=O.C=P(C)(C)CC[C@H]1OC(c2cn(CCC)c(=O)[nH]c2=O)[C@H](O)[C@@H]1O.C=P(C)(C)CC[C@H]1OC(c2cn(CCCC)c(=O)[nH]c2=O)[C@H](O)[C@@H]1O. The van der Waals surface area contributed by atoms with E-state index in [1.807, 2.05) is 13.8 Å². The Balaban J connectivity index is 0.000000232. The van der Waals surface area contributed by atoms with Crippen LogP contribution in [0.15, 0.2) is 82.4 Å². The minimum atomic E-state index is -1.29. The number of H-pyrrole nitrogens is 4. The van der Waals surface area contributed by atoms with Gasteiger partial charge in [0.25, 0.3) is 22.2 Å². The third kappa shape index (κ3) is 22.5. The van der Waals surface area contributed by atoms with Gasteiger partial charge in [-0.05, 0) is 116 Å². The van der Waals surface area contributed by atoms with Crippen molar-refractivity contribution in [3.8, 4) is 0 Å². The Morgan fingerprint density at radius 1 is 0.406 bits per heavy atom. The maximum atomic E-state index is 12.2. The normalized spacial score (nSPS) is 27.4. The highest BCUT2D eigenvalue weighted by Gasteiger charge is 2.48. The number of nitrogens with one attached hydrogen (secondary N) is 4. The average Bonchev–Trinajstić information content (AvgIpc) is 1.62. The van der Waals surface area contributed by atoms with Crippen LogP contribution in [0.1, 0.15) is 105 Å². The second kappa shape index (κ2) is 34.8. The molecule has 0 aromatic carbocycles. The molecule has 12 N–H and O–H groups in total. The first-order valence-corrected chi connectivity index (χ1v) is 44.1. The molecule has 8 heterocycles. The first-order valence-electron chi connectivity index (χ1n) is 31.9. The first kappa shape index (κ1) is 81.6. The van der Waals surface area contributed by atoms with E-state index in [1.54, 1.807) is 0 Å². The molecule has 540 valence electrons. The molecule has 28 nitrogen and oxygen atoms in total. The highest BCUT2D eigenvalue weighted by Crippen LogP contribution is 2.44. The summed E-state index contributed by atoms with van der Waals surface area (Å²) < 4.78 is 28.2. The summed E-state index contributed by atoms with van der Waals surface area (Å²) in [5, 5.41) is 82.1. The maximum Gasteiger partial charge on any atom is 0.332 e. The Hall–Kier alpha value is -5.08. The summed E-state index contributed by atoms with van der Waals surface area (Å²) >= 11 is 0. The van der Waals surface area contributed by atoms with Crippen molar-refractivity contribution in [2.45, 2.75) is 176 Å². The summed E-state index contributed by atoms with van der Waals surface area (Å²) in [7, 11) is 0. The highest BCUT2D eigenvalue weighted by molar-refractivity contribution is 7.73. The van der Waals surface area contributed by atoms with Gasteiger partial charge in [-0.3, -0.25) is 48.2 Å². The number of nitrogens with zero attached hydrogens (tertiary/aromatic N) is 4. The number of aromatic amines is 4. The zero-order chi connectivity index (χ0) is 72.3. The molecular formula is C64H104N8O20P4. The van der Waals surface area contributed by atoms with E-state index in [-0.39, 0.29) is 28.8 Å². The second-order valence-corrected chi connectivity index (χ2v) is 45.0. The molecule has 4 aromatic heterocycles. The summed E-state index contributed by atoms with van der Waals surface area (Å²) in [6.45, 7) is 23.7. The average molecular weight is 1430 g/mol. The van der Waals surface area contributed by atoms with Crippen molar-refractivity contribution in [2.75, 3.05) is 78.0 Å². The summed E-state index contributed by atoms with van der Waals surface area (Å²) in [4.78, 5) is 104. The fourth-order valence-corrected chi connectivity index (χ4v) is 14.9. The monoisotopic (exact) mass is 1430 g/mol. The lowest BCUT2D eigenvalue weighted by molar-refractivity contribution is 0.00493. The van der Waals surface area contributed by atoms with E-state index in [2.05, 4.69) is 112 Å². The van der Waals surface area contributed by atoms with Gasteiger partial charge in [-0.15, -0.1) is 59.3 Å². The van der Waals surface area contributed by atoms with Crippen LogP contribution in [0.2, 0.25) is 0 Å². The van der Waals surface area contributed by atoms with Gasteiger partial charge in [0.1, 0.15) is 73.2 Å². The van der Waals surface area contributed by atoms with Crippen LogP contribution < -0.4 is 45.0 Å². The summed E-state index contributed by atoms with van der Waals surface area (Å²) in [5.41, 5.74) is -4.04. The lowest BCUT2D eigenvalue weighted by Crippen LogP contribution is -2.35. The van der Waals surface area contributed by atoms with Crippen LogP contribution >= 0.6 is 27.5 Å². The molecule has 4 aliphatic rings. The van der Waals surface area contributed by atoms with Crippen LogP contribution in [0.4, 0.5) is 0 Å². The van der Waals surface area contributed by atoms with Crippen molar-refractivity contribution in [1.29, 1.82) is 0 Å². The molecule has 32 heteroatoms. The predicted octanol–water partition coefficient (Wildman–Crippen LogP) is 0.687. The molecule has 96 heavy (non-hydrogen) atoms. The zero-order valence-corrected chi connectivity index (χ0v) is 60.5. The molecule has 0 radical (unpaired) electrons. The molecule has 0 bridgehead atoms. The van der Waals surface area contributed by atoms with E-state index in [1.165, 1.54) is 50.8 Å². The largest absolute Gasteiger partial charge is 0.388 e. The first-order chi connectivity index (χ1) is 44.5. The molecule has 4 unspecified atom stereocenters. The molecule has 4 aliphatic heterocycles. The van der Waals surface area contributed by atoms with Gasteiger partial charge < -0.3 is 68.9 Å². The number of unbranched alkanes of at least 4 members (excludes halogenated alkanes) is 1. The van der Waals surface area contributed by atoms with Gasteiger partial charge in [0, 0.05) is 50.6 Å². The van der Waals surface area contributed by atoms with Gasteiger partial charge in [0.2, 0.25) is 0 Å². The number of allylic oxidation sites excluding steroid dienone is 1. The number of rotatable bonds is 24. The van der Waals surface area contributed by atoms with E-state index in [0.29, 0.717) is 38.8 Å². The fourth-order valence-electron chi connectivity index (χ4n) is 11.1. The summed E-state index contributed by atoms with van der Waals surface area (Å²) in [5.74, 6) is 0. The van der Waals surface area contributed by atoms with Crippen molar-refractivity contribution in [3.05, 3.63) is 150 Å². The van der Waals surface area contributed by atoms with Crippen LogP contribution in [-0.4, -0.2) is 255 Å². The third-order valence-corrected chi connectivity index (χ3v) is 22.5. The Morgan fingerprint density at radius 3 is 0.948 bits per heavy atom. The van der Waals surface area contributed by atoms with E-state index >= 15 is 0 Å². The van der Waals surface area contributed by atoms with Gasteiger partial charge in [0.05, 0.1) is 46.7 Å². The molecule has 4 fully saturated rings. The molecular weight excluding hydrogens is 1320 g/mol. The maximum absolute atomic E-state index is 12.2. The molecule has 0 aliphatic carbocycles. The molecule has 4 aromatic rings. The minimum absolute atomic E-state index is 0.0854. The van der Waals surface area contributed by atoms with Crippen molar-refractivity contribution in [1.82, 2.24) is 38.2 Å². The molecule has 0 spiro atoms. The standard InChI is InChI=1S/C17H29N2O5P.C16H27N2O5P.C16H25N2O5P.C15H23N2O5P/c1-5-6-8-19-10-11(16(22)18-17(19)23)15-14(21)13(20)12(24-15)7-9-25(2,3)4;2*1-5-7-18-9-10(15(21)17-16(18)22)14-13(20)12(19)11(23-14)6-8-24(2,3)4;1-5-17-8-9(14(20)16-15(17)21)13-12(19)11(18)10(22-13)6-7-23(2,3)4/h10,12-15,20-21H,2,5-9H2,1,3-4H3,(H,18,22,23);9,11-14,19-20H,2,5-8H2,1,3-4H3,(H,17,21,22);5,9,11-14,19-20H,1-2,6-8H2,3-4H3,(H,17,21,22);5,8,10-13,18-19H,1-2,6-7H2,3-4H3,(H,16,20,21)/t12-,13-,14-,15?;2*11-,12-,13-,14?;10-,11-,12-,13?/m1111/s1. The van der Waals surface area contributed by atoms with Crippen molar-refractivity contribution >= 4 is 58.9 Å². The molecule has 4 saturated heterocycles. The van der Waals surface area contributed by atoms with Gasteiger partial charge in [-0.1, -0.05) is 32.9 Å². The van der Waals surface area contributed by atoms with Crippen LogP contribution in [0.3, 0.4) is 0 Å². The van der Waals surface area contributed by atoms with Crippen molar-refractivity contribution in [3.63, 3.8) is 0 Å². The number of aliphatic hydroxyl groups is 8. The second-order valence-electron chi connectivity index (χ2n) is 27.7. The van der Waals surface area contributed by atoms with Gasteiger partial charge in [-0.2, -0.15) is 0 Å². The minimum Gasteiger partial charge on any atom is -0.388 e.